The van der Waals surface area contributed by atoms with E-state index in [9.17, 15) is 27.6 Å². The highest BCUT2D eigenvalue weighted by atomic mass is 32.2. The van der Waals surface area contributed by atoms with Crippen molar-refractivity contribution in [3.05, 3.63) is 35.4 Å². The quantitative estimate of drug-likeness (QED) is 0.624. The maximum absolute atomic E-state index is 13.1. The molecule has 2 fully saturated rings. The zero-order valence-electron chi connectivity index (χ0n) is 16.6. The largest absolute Gasteiger partial charge is 0.330 e. The van der Waals surface area contributed by atoms with E-state index in [-0.39, 0.29) is 36.5 Å². The Hall–Kier alpha value is -2.75. The number of hydrogen-bond acceptors (Lipinski definition) is 6. The van der Waals surface area contributed by atoms with E-state index in [2.05, 4.69) is 0 Å². The summed E-state index contributed by atoms with van der Waals surface area (Å²) < 4.78 is 23.4. The van der Waals surface area contributed by atoms with Crippen LogP contribution in [0, 0.1) is 5.92 Å². The minimum absolute atomic E-state index is 0.0600. The normalized spacial score (nSPS) is 23.8. The molecule has 1 aromatic rings. The maximum atomic E-state index is 13.1. The van der Waals surface area contributed by atoms with Crippen molar-refractivity contribution >= 4 is 33.5 Å². The van der Waals surface area contributed by atoms with Crippen LogP contribution in [-0.4, -0.2) is 84.1 Å². The number of benzene rings is 1. The molecule has 160 valence electrons. The standard InChI is InChI=1S/C20H23N3O6S/c1-13(11-23-18(25)14-5-2-3-6-15(14)19(23)26)17(24)22-8-4-7-16(22)20(27)21-9-10-30(28,29)12-21/h2-3,5-6,13,16H,4,7-12H2,1H3/t13?,16-/m0/s1. The average molecular weight is 433 g/mol. The van der Waals surface area contributed by atoms with Crippen molar-refractivity contribution in [2.24, 2.45) is 5.92 Å². The molecule has 4 rings (SSSR count). The lowest BCUT2D eigenvalue weighted by molar-refractivity contribution is -0.145. The molecule has 0 aromatic heterocycles. The summed E-state index contributed by atoms with van der Waals surface area (Å²) in [6.07, 6.45) is 1.11. The number of likely N-dealkylation sites (tertiary alicyclic amines) is 1. The summed E-state index contributed by atoms with van der Waals surface area (Å²) in [6, 6.07) is 5.83. The van der Waals surface area contributed by atoms with Gasteiger partial charge in [0.05, 0.1) is 22.8 Å². The van der Waals surface area contributed by atoms with Crippen LogP contribution in [0.1, 0.15) is 40.5 Å². The number of amides is 4. The Kier molecular flexibility index (Phi) is 5.13. The van der Waals surface area contributed by atoms with Crippen LogP contribution in [0.15, 0.2) is 24.3 Å². The van der Waals surface area contributed by atoms with E-state index in [0.29, 0.717) is 30.5 Å². The van der Waals surface area contributed by atoms with Gasteiger partial charge in [-0.3, -0.25) is 24.1 Å². The molecule has 30 heavy (non-hydrogen) atoms. The summed E-state index contributed by atoms with van der Waals surface area (Å²) in [6.45, 7) is 2.10. The van der Waals surface area contributed by atoms with Gasteiger partial charge in [-0.15, -0.1) is 0 Å². The minimum Gasteiger partial charge on any atom is -0.330 e. The van der Waals surface area contributed by atoms with Gasteiger partial charge in [-0.05, 0) is 25.0 Å². The van der Waals surface area contributed by atoms with E-state index >= 15 is 0 Å². The lowest BCUT2D eigenvalue weighted by Gasteiger charge is -2.30. The molecule has 10 heteroatoms. The van der Waals surface area contributed by atoms with Crippen molar-refractivity contribution in [1.82, 2.24) is 14.7 Å². The van der Waals surface area contributed by atoms with Gasteiger partial charge < -0.3 is 9.80 Å². The summed E-state index contributed by atoms with van der Waals surface area (Å²) in [5, 5.41) is 0. The fraction of sp³-hybridized carbons (Fsp3) is 0.500. The number of fused-ring (bicyclic) bond motifs is 1. The zero-order chi connectivity index (χ0) is 21.6. The minimum atomic E-state index is -3.26. The Morgan fingerprint density at radius 1 is 1.10 bits per heavy atom. The number of imide groups is 1. The fourth-order valence-electron chi connectivity index (χ4n) is 4.33. The first-order valence-corrected chi connectivity index (χ1v) is 11.8. The third-order valence-electron chi connectivity index (χ3n) is 5.91. The molecule has 4 amide bonds. The predicted molar refractivity (Wildman–Crippen MR) is 106 cm³/mol. The van der Waals surface area contributed by atoms with Gasteiger partial charge in [0.2, 0.25) is 11.8 Å². The van der Waals surface area contributed by atoms with Gasteiger partial charge in [-0.2, -0.15) is 0 Å². The Balaban J connectivity index is 1.44. The number of hydrogen-bond donors (Lipinski definition) is 0. The molecule has 1 aromatic carbocycles. The molecule has 2 atom stereocenters. The van der Waals surface area contributed by atoms with E-state index in [1.54, 1.807) is 31.2 Å². The molecule has 0 spiro atoms. The topological polar surface area (TPSA) is 112 Å². The second-order valence-corrected chi connectivity index (χ2v) is 10.2. The maximum Gasteiger partial charge on any atom is 0.261 e. The van der Waals surface area contributed by atoms with Gasteiger partial charge in [0.15, 0.2) is 9.84 Å². The monoisotopic (exact) mass is 433 g/mol. The highest BCUT2D eigenvalue weighted by molar-refractivity contribution is 7.91. The van der Waals surface area contributed by atoms with Crippen LogP contribution in [0.4, 0.5) is 0 Å². The molecular weight excluding hydrogens is 410 g/mol. The Labute approximate surface area is 174 Å². The molecule has 9 nitrogen and oxygen atoms in total. The molecule has 3 aliphatic heterocycles. The molecule has 0 bridgehead atoms. The van der Waals surface area contributed by atoms with Crippen molar-refractivity contribution in [2.75, 3.05) is 31.3 Å². The van der Waals surface area contributed by atoms with Crippen LogP contribution >= 0.6 is 0 Å². The van der Waals surface area contributed by atoms with Gasteiger partial charge in [0.25, 0.3) is 11.8 Å². The second kappa shape index (κ2) is 7.50. The van der Waals surface area contributed by atoms with Crippen LogP contribution < -0.4 is 0 Å². The average Bonchev–Trinajstić information content (AvgIpc) is 3.41. The van der Waals surface area contributed by atoms with Crippen molar-refractivity contribution in [2.45, 2.75) is 25.8 Å². The molecule has 0 radical (unpaired) electrons. The van der Waals surface area contributed by atoms with Crippen LogP contribution in [0.2, 0.25) is 0 Å². The summed E-state index contributed by atoms with van der Waals surface area (Å²) in [7, 11) is -3.26. The van der Waals surface area contributed by atoms with Gasteiger partial charge in [0, 0.05) is 19.6 Å². The number of rotatable bonds is 4. The Morgan fingerprint density at radius 2 is 1.73 bits per heavy atom. The third kappa shape index (κ3) is 3.49. The first-order valence-electron chi connectivity index (χ1n) is 9.94. The van der Waals surface area contributed by atoms with E-state index in [1.807, 2.05) is 0 Å². The third-order valence-corrected chi connectivity index (χ3v) is 7.42. The zero-order valence-corrected chi connectivity index (χ0v) is 17.4. The van der Waals surface area contributed by atoms with Crippen LogP contribution in [0.25, 0.3) is 0 Å². The highest BCUT2D eigenvalue weighted by Crippen LogP contribution is 2.26. The lowest BCUT2D eigenvalue weighted by Crippen LogP contribution is -2.50. The summed E-state index contributed by atoms with van der Waals surface area (Å²) in [4.78, 5) is 54.8. The lowest BCUT2D eigenvalue weighted by atomic mass is 10.1. The molecular formula is C20H23N3O6S. The van der Waals surface area contributed by atoms with Crippen LogP contribution in [-0.2, 0) is 19.4 Å². The molecule has 1 unspecified atom stereocenters. The smallest absolute Gasteiger partial charge is 0.261 e. The fourth-order valence-corrected chi connectivity index (χ4v) is 5.69. The molecule has 0 saturated carbocycles. The molecule has 3 aliphatic rings. The summed E-state index contributed by atoms with van der Waals surface area (Å²) >= 11 is 0. The van der Waals surface area contributed by atoms with E-state index in [4.69, 9.17) is 0 Å². The first kappa shape index (κ1) is 20.5. The van der Waals surface area contributed by atoms with Crippen LogP contribution in [0.3, 0.4) is 0 Å². The Bertz CT molecular complexity index is 1000. The van der Waals surface area contributed by atoms with Crippen molar-refractivity contribution in [3.63, 3.8) is 0 Å². The van der Waals surface area contributed by atoms with Crippen molar-refractivity contribution in [1.29, 1.82) is 0 Å². The van der Waals surface area contributed by atoms with Gasteiger partial charge >= 0.3 is 0 Å². The van der Waals surface area contributed by atoms with Crippen molar-refractivity contribution < 1.29 is 27.6 Å². The molecule has 3 heterocycles. The summed E-state index contributed by atoms with van der Waals surface area (Å²) in [5.74, 6) is -2.56. The van der Waals surface area contributed by atoms with Crippen molar-refractivity contribution in [3.8, 4) is 0 Å². The van der Waals surface area contributed by atoms with E-state index in [0.717, 1.165) is 4.90 Å². The molecule has 0 N–H and O–H groups in total. The van der Waals surface area contributed by atoms with Gasteiger partial charge in [0.1, 0.15) is 11.9 Å². The van der Waals surface area contributed by atoms with Gasteiger partial charge in [-0.25, -0.2) is 8.42 Å². The molecule has 2 saturated heterocycles. The predicted octanol–water partition coefficient (Wildman–Crippen LogP) is 0.124. The van der Waals surface area contributed by atoms with Crippen LogP contribution in [0.5, 0.6) is 0 Å². The summed E-state index contributed by atoms with van der Waals surface area (Å²) in [5.41, 5.74) is 0.651. The Morgan fingerprint density at radius 3 is 2.30 bits per heavy atom. The van der Waals surface area contributed by atoms with E-state index in [1.165, 1.54) is 9.80 Å². The second-order valence-electron chi connectivity index (χ2n) is 8.04. The number of carbonyl (C=O) groups excluding carboxylic acids is 4. The number of nitrogens with zero attached hydrogens (tertiary/aromatic N) is 3. The molecule has 0 aliphatic carbocycles. The SMILES string of the molecule is CC(CN1C(=O)c2ccccc2C1=O)C(=O)N1CCC[C@H]1C(=O)N1CCS(=O)(=O)C1. The highest BCUT2D eigenvalue weighted by Gasteiger charge is 2.42. The number of sulfone groups is 1. The number of carbonyl (C=O) groups is 4. The van der Waals surface area contributed by atoms with Gasteiger partial charge in [-0.1, -0.05) is 19.1 Å². The van der Waals surface area contributed by atoms with E-state index < -0.39 is 33.6 Å². The first-order chi connectivity index (χ1) is 14.2.